The molecule has 1 aliphatic carbocycles. The topological polar surface area (TPSA) is 49.4 Å². The second kappa shape index (κ2) is 7.98. The summed E-state index contributed by atoms with van der Waals surface area (Å²) in [5.41, 5.74) is 0.602. The van der Waals surface area contributed by atoms with Gasteiger partial charge in [-0.3, -0.25) is 9.59 Å². The summed E-state index contributed by atoms with van der Waals surface area (Å²) in [4.78, 5) is 26.9. The number of hydrogen-bond donors (Lipinski definition) is 1. The Kier molecular flexibility index (Phi) is 5.71. The van der Waals surface area contributed by atoms with E-state index in [-0.39, 0.29) is 29.5 Å². The van der Waals surface area contributed by atoms with Crippen molar-refractivity contribution in [1.29, 1.82) is 0 Å². The van der Waals surface area contributed by atoms with Gasteiger partial charge in [0.1, 0.15) is 5.82 Å². The Bertz CT molecular complexity index is 634. The molecule has 2 amide bonds. The van der Waals surface area contributed by atoms with Gasteiger partial charge in [0.05, 0.1) is 11.8 Å². The molecule has 25 heavy (non-hydrogen) atoms. The lowest BCUT2D eigenvalue weighted by atomic mass is 9.99. The molecule has 0 bridgehead atoms. The third-order valence-electron chi connectivity index (χ3n) is 5.48. The van der Waals surface area contributed by atoms with Crippen molar-refractivity contribution in [3.8, 4) is 0 Å². The van der Waals surface area contributed by atoms with E-state index in [1.807, 2.05) is 4.90 Å². The minimum absolute atomic E-state index is 0.0697. The van der Waals surface area contributed by atoms with Gasteiger partial charge < -0.3 is 10.2 Å². The average molecular weight is 346 g/mol. The maximum atomic E-state index is 13.6. The number of benzene rings is 1. The molecule has 0 spiro atoms. The SMILES string of the molecule is CCC1CCCCN1C(=O)C1CC1C(=O)NCCc1ccccc1F. The number of carbonyl (C=O) groups is 2. The van der Waals surface area contributed by atoms with Crippen molar-refractivity contribution in [2.75, 3.05) is 13.1 Å². The van der Waals surface area contributed by atoms with Crippen molar-refractivity contribution in [3.63, 3.8) is 0 Å². The van der Waals surface area contributed by atoms with Crippen LogP contribution in [0.25, 0.3) is 0 Å². The second-order valence-electron chi connectivity index (χ2n) is 7.17. The first-order chi connectivity index (χ1) is 12.1. The smallest absolute Gasteiger partial charge is 0.226 e. The van der Waals surface area contributed by atoms with Gasteiger partial charge >= 0.3 is 0 Å². The molecule has 1 N–H and O–H groups in total. The zero-order valence-corrected chi connectivity index (χ0v) is 14.8. The van der Waals surface area contributed by atoms with Gasteiger partial charge in [0.15, 0.2) is 0 Å². The highest BCUT2D eigenvalue weighted by molar-refractivity contribution is 5.92. The molecule has 1 heterocycles. The van der Waals surface area contributed by atoms with E-state index in [2.05, 4.69) is 12.2 Å². The summed E-state index contributed by atoms with van der Waals surface area (Å²) in [5.74, 6) is -0.513. The van der Waals surface area contributed by atoms with E-state index >= 15 is 0 Å². The molecule has 3 atom stereocenters. The quantitative estimate of drug-likeness (QED) is 0.861. The zero-order valence-electron chi connectivity index (χ0n) is 14.8. The molecule has 5 heteroatoms. The molecule has 1 aromatic rings. The standard InChI is InChI=1S/C20H27FN2O2/c1-2-15-8-5-6-12-23(15)20(25)17-13-16(17)19(24)22-11-10-14-7-3-4-9-18(14)21/h3-4,7,9,15-17H,2,5-6,8,10-13H2,1H3,(H,22,24). The van der Waals surface area contributed by atoms with Gasteiger partial charge in [-0.25, -0.2) is 4.39 Å². The third-order valence-corrected chi connectivity index (χ3v) is 5.48. The van der Waals surface area contributed by atoms with Gasteiger partial charge in [-0.1, -0.05) is 25.1 Å². The van der Waals surface area contributed by atoms with Gasteiger partial charge in [0.25, 0.3) is 0 Å². The molecule has 0 radical (unpaired) electrons. The molecule has 1 saturated heterocycles. The first-order valence-corrected chi connectivity index (χ1v) is 9.43. The number of piperidine rings is 1. The van der Waals surface area contributed by atoms with Crippen LogP contribution >= 0.6 is 0 Å². The highest BCUT2D eigenvalue weighted by atomic mass is 19.1. The highest BCUT2D eigenvalue weighted by Gasteiger charge is 2.50. The summed E-state index contributed by atoms with van der Waals surface area (Å²) in [5, 5.41) is 2.86. The normalized spacial score (nSPS) is 25.5. The van der Waals surface area contributed by atoms with E-state index < -0.39 is 0 Å². The zero-order chi connectivity index (χ0) is 17.8. The van der Waals surface area contributed by atoms with Gasteiger partial charge in [0, 0.05) is 19.1 Å². The fourth-order valence-electron chi connectivity index (χ4n) is 3.84. The maximum Gasteiger partial charge on any atom is 0.226 e. The first kappa shape index (κ1) is 17.9. The number of amides is 2. The van der Waals surface area contributed by atoms with Crippen molar-refractivity contribution < 1.29 is 14.0 Å². The van der Waals surface area contributed by atoms with E-state index in [4.69, 9.17) is 0 Å². The number of halogens is 1. The van der Waals surface area contributed by atoms with Crippen LogP contribution in [-0.2, 0) is 16.0 Å². The van der Waals surface area contributed by atoms with Crippen LogP contribution in [0, 0.1) is 17.7 Å². The predicted octanol–water partition coefficient (Wildman–Crippen LogP) is 2.91. The molecule has 1 aromatic carbocycles. The summed E-state index contributed by atoms with van der Waals surface area (Å²) in [7, 11) is 0. The van der Waals surface area contributed by atoms with Crippen molar-refractivity contribution in [3.05, 3.63) is 35.6 Å². The maximum absolute atomic E-state index is 13.6. The molecule has 3 rings (SSSR count). The van der Waals surface area contributed by atoms with Crippen molar-refractivity contribution in [2.24, 2.45) is 11.8 Å². The molecular weight excluding hydrogens is 319 g/mol. The largest absolute Gasteiger partial charge is 0.356 e. The van der Waals surface area contributed by atoms with Crippen molar-refractivity contribution in [2.45, 2.75) is 51.5 Å². The Hall–Kier alpha value is -1.91. The second-order valence-corrected chi connectivity index (χ2v) is 7.17. The van der Waals surface area contributed by atoms with Crippen LogP contribution in [0.5, 0.6) is 0 Å². The third kappa shape index (κ3) is 4.20. The molecule has 1 saturated carbocycles. The van der Waals surface area contributed by atoms with Crippen LogP contribution in [0.1, 0.15) is 44.6 Å². The fraction of sp³-hybridized carbons (Fsp3) is 0.600. The molecule has 136 valence electrons. The van der Waals surface area contributed by atoms with E-state index in [1.165, 1.54) is 12.5 Å². The van der Waals surface area contributed by atoms with E-state index in [0.29, 0.717) is 31.0 Å². The van der Waals surface area contributed by atoms with Crippen LogP contribution in [0.3, 0.4) is 0 Å². The molecular formula is C20H27FN2O2. The van der Waals surface area contributed by atoms with Gasteiger partial charge in [-0.2, -0.15) is 0 Å². The summed E-state index contributed by atoms with van der Waals surface area (Å²) in [6.45, 7) is 3.35. The number of nitrogens with zero attached hydrogens (tertiary/aromatic N) is 1. The monoisotopic (exact) mass is 346 g/mol. The van der Waals surface area contributed by atoms with E-state index in [9.17, 15) is 14.0 Å². The van der Waals surface area contributed by atoms with E-state index in [0.717, 1.165) is 25.8 Å². The summed E-state index contributed by atoms with van der Waals surface area (Å²) in [6, 6.07) is 6.94. The van der Waals surface area contributed by atoms with Gasteiger partial charge in [-0.15, -0.1) is 0 Å². The Labute approximate surface area is 148 Å². The number of carbonyl (C=O) groups excluding carboxylic acids is 2. The van der Waals surface area contributed by atoms with Gasteiger partial charge in [-0.05, 0) is 50.2 Å². The molecule has 4 nitrogen and oxygen atoms in total. The Morgan fingerprint density at radius 1 is 1.24 bits per heavy atom. The lowest BCUT2D eigenvalue weighted by Gasteiger charge is -2.35. The Morgan fingerprint density at radius 3 is 2.80 bits per heavy atom. The predicted molar refractivity (Wildman–Crippen MR) is 94.4 cm³/mol. The Morgan fingerprint density at radius 2 is 2.04 bits per heavy atom. The average Bonchev–Trinajstić information content (AvgIpc) is 3.43. The van der Waals surface area contributed by atoms with E-state index in [1.54, 1.807) is 18.2 Å². The molecule has 3 unspecified atom stereocenters. The minimum Gasteiger partial charge on any atom is -0.356 e. The minimum atomic E-state index is -0.244. The van der Waals surface area contributed by atoms with Crippen LogP contribution < -0.4 is 5.32 Å². The van der Waals surface area contributed by atoms with Crippen LogP contribution in [0.2, 0.25) is 0 Å². The van der Waals surface area contributed by atoms with Crippen LogP contribution in [0.15, 0.2) is 24.3 Å². The van der Waals surface area contributed by atoms with Crippen LogP contribution in [0.4, 0.5) is 4.39 Å². The number of likely N-dealkylation sites (tertiary alicyclic amines) is 1. The first-order valence-electron chi connectivity index (χ1n) is 9.43. The summed E-state index contributed by atoms with van der Waals surface area (Å²) >= 11 is 0. The molecule has 0 aromatic heterocycles. The van der Waals surface area contributed by atoms with Crippen LogP contribution in [-0.4, -0.2) is 35.8 Å². The van der Waals surface area contributed by atoms with Crippen molar-refractivity contribution in [1.82, 2.24) is 10.2 Å². The van der Waals surface area contributed by atoms with Gasteiger partial charge in [0.2, 0.25) is 11.8 Å². The molecule has 2 aliphatic rings. The Balaban J connectivity index is 1.45. The fourth-order valence-corrected chi connectivity index (χ4v) is 3.84. The lowest BCUT2D eigenvalue weighted by molar-refractivity contribution is -0.138. The lowest BCUT2D eigenvalue weighted by Crippen LogP contribution is -2.44. The van der Waals surface area contributed by atoms with Crippen molar-refractivity contribution >= 4 is 11.8 Å². The molecule has 1 aliphatic heterocycles. The highest BCUT2D eigenvalue weighted by Crippen LogP contribution is 2.41. The summed E-state index contributed by atoms with van der Waals surface area (Å²) < 4.78 is 13.6. The molecule has 2 fully saturated rings. The summed E-state index contributed by atoms with van der Waals surface area (Å²) in [6.07, 6.45) is 5.43. The number of nitrogens with one attached hydrogen (secondary N) is 1. The number of rotatable bonds is 6. The number of hydrogen-bond acceptors (Lipinski definition) is 2.